The average molecular weight is 330 g/mol. The van der Waals surface area contributed by atoms with Crippen molar-refractivity contribution in [3.05, 3.63) is 52.4 Å². The molecule has 0 aliphatic carbocycles. The lowest BCUT2D eigenvalue weighted by molar-refractivity contribution is -0.143. The van der Waals surface area contributed by atoms with Crippen molar-refractivity contribution in [2.24, 2.45) is 0 Å². The van der Waals surface area contributed by atoms with Crippen LogP contribution in [0.15, 0.2) is 46.8 Å². The van der Waals surface area contributed by atoms with Gasteiger partial charge in [0.2, 0.25) is 0 Å². The number of dihydropyridines is 1. The van der Waals surface area contributed by atoms with Crippen LogP contribution in [-0.4, -0.2) is 23.1 Å². The number of nitrogen functional groups attached to an aromatic ring is 1. The Bertz CT molecular complexity index is 747. The second-order valence-corrected chi connectivity index (χ2v) is 6.06. The highest BCUT2D eigenvalue weighted by molar-refractivity contribution is 5.99. The van der Waals surface area contributed by atoms with Crippen molar-refractivity contribution >= 4 is 17.6 Å². The van der Waals surface area contributed by atoms with E-state index in [1.54, 1.807) is 52.0 Å². The Morgan fingerprint density at radius 2 is 1.83 bits per heavy atom. The molecule has 1 atom stereocenters. The predicted molar refractivity (Wildman–Crippen MR) is 91.0 cm³/mol. The quantitative estimate of drug-likeness (QED) is 0.579. The molecule has 0 radical (unpaired) electrons. The second kappa shape index (κ2) is 6.78. The van der Waals surface area contributed by atoms with Crippen LogP contribution < -0.4 is 11.1 Å². The fourth-order valence-electron chi connectivity index (χ4n) is 2.90. The topological polar surface area (TPSA) is 102 Å². The summed E-state index contributed by atoms with van der Waals surface area (Å²) in [5.41, 5.74) is 8.47. The Hall–Kier alpha value is -2.76. The van der Waals surface area contributed by atoms with E-state index in [1.165, 1.54) is 0 Å². The number of esters is 1. The molecule has 0 saturated heterocycles. The van der Waals surface area contributed by atoms with E-state index in [4.69, 9.17) is 10.5 Å². The third kappa shape index (κ3) is 3.42. The molecule has 6 heteroatoms. The molecule has 0 amide bonds. The summed E-state index contributed by atoms with van der Waals surface area (Å²) in [6, 6.07) is 6.90. The molecule has 128 valence electrons. The fraction of sp³-hybridized carbons (Fsp3) is 0.333. The van der Waals surface area contributed by atoms with Gasteiger partial charge in [-0.2, -0.15) is 0 Å². The third-order valence-electron chi connectivity index (χ3n) is 3.80. The minimum Gasteiger partial charge on any atom is -0.478 e. The van der Waals surface area contributed by atoms with Crippen LogP contribution in [-0.2, 0) is 14.3 Å². The summed E-state index contributed by atoms with van der Waals surface area (Å²) in [5.74, 6) is -2.36. The molecule has 1 unspecified atom stereocenters. The van der Waals surface area contributed by atoms with Crippen molar-refractivity contribution in [2.75, 3.05) is 5.73 Å². The number of aliphatic carboxylic acids is 1. The number of hydrogen-bond acceptors (Lipinski definition) is 5. The number of nitrogens with one attached hydrogen (secondary N) is 1. The van der Waals surface area contributed by atoms with Gasteiger partial charge in [0.25, 0.3) is 0 Å². The van der Waals surface area contributed by atoms with E-state index in [1.807, 2.05) is 0 Å². The van der Waals surface area contributed by atoms with Crippen molar-refractivity contribution in [2.45, 2.75) is 39.7 Å². The Morgan fingerprint density at radius 1 is 1.21 bits per heavy atom. The largest absolute Gasteiger partial charge is 0.478 e. The van der Waals surface area contributed by atoms with Gasteiger partial charge in [0.15, 0.2) is 0 Å². The molecule has 1 aliphatic rings. The number of hydrogen-bond donors (Lipinski definition) is 3. The molecular formula is C18H22N2O4. The van der Waals surface area contributed by atoms with Crippen LogP contribution in [0.3, 0.4) is 0 Å². The predicted octanol–water partition coefficient (Wildman–Crippen LogP) is 2.54. The molecule has 0 saturated carbocycles. The van der Waals surface area contributed by atoms with Crippen LogP contribution in [0.4, 0.5) is 5.69 Å². The lowest BCUT2D eigenvalue weighted by Gasteiger charge is -2.30. The van der Waals surface area contributed by atoms with E-state index in [0.29, 0.717) is 22.6 Å². The molecule has 1 aromatic carbocycles. The lowest BCUT2D eigenvalue weighted by atomic mass is 9.80. The summed E-state index contributed by atoms with van der Waals surface area (Å²) in [7, 11) is 0. The van der Waals surface area contributed by atoms with E-state index in [9.17, 15) is 14.7 Å². The van der Waals surface area contributed by atoms with Gasteiger partial charge >= 0.3 is 11.9 Å². The van der Waals surface area contributed by atoms with Gasteiger partial charge in [-0.05, 0) is 45.4 Å². The zero-order valence-electron chi connectivity index (χ0n) is 14.2. The first-order valence-corrected chi connectivity index (χ1v) is 7.70. The first kappa shape index (κ1) is 17.6. The van der Waals surface area contributed by atoms with Crippen molar-refractivity contribution in [1.82, 2.24) is 5.32 Å². The van der Waals surface area contributed by atoms with Crippen molar-refractivity contribution in [3.8, 4) is 0 Å². The number of rotatable bonds is 4. The number of carbonyl (C=O) groups excluding carboxylic acids is 1. The van der Waals surface area contributed by atoms with Crippen LogP contribution in [0.25, 0.3) is 0 Å². The van der Waals surface area contributed by atoms with Gasteiger partial charge in [0.1, 0.15) is 0 Å². The van der Waals surface area contributed by atoms with E-state index < -0.39 is 17.9 Å². The van der Waals surface area contributed by atoms with Gasteiger partial charge in [-0.15, -0.1) is 0 Å². The number of allylic oxidation sites excluding steroid dienone is 2. The monoisotopic (exact) mass is 330 g/mol. The molecule has 1 heterocycles. The number of carboxylic acid groups (broad SMARTS) is 1. The zero-order valence-corrected chi connectivity index (χ0v) is 14.2. The van der Waals surface area contributed by atoms with Gasteiger partial charge in [-0.25, -0.2) is 9.59 Å². The molecule has 4 N–H and O–H groups in total. The highest BCUT2D eigenvalue weighted by atomic mass is 16.5. The minimum atomic E-state index is -1.09. The maximum atomic E-state index is 12.6. The molecule has 0 aromatic heterocycles. The summed E-state index contributed by atoms with van der Waals surface area (Å²) in [6.45, 7) is 6.91. The fourth-order valence-corrected chi connectivity index (χ4v) is 2.90. The van der Waals surface area contributed by atoms with Crippen LogP contribution >= 0.6 is 0 Å². The molecule has 0 fully saturated rings. The van der Waals surface area contributed by atoms with E-state index in [-0.39, 0.29) is 17.3 Å². The summed E-state index contributed by atoms with van der Waals surface area (Å²) in [5, 5.41) is 12.6. The third-order valence-corrected chi connectivity index (χ3v) is 3.80. The number of carboxylic acids is 1. The van der Waals surface area contributed by atoms with Crippen LogP contribution in [0, 0.1) is 0 Å². The van der Waals surface area contributed by atoms with E-state index >= 15 is 0 Å². The number of ether oxygens (including phenoxy) is 1. The molecule has 6 nitrogen and oxygen atoms in total. The maximum absolute atomic E-state index is 12.6. The second-order valence-electron chi connectivity index (χ2n) is 6.06. The smallest absolute Gasteiger partial charge is 0.337 e. The SMILES string of the molecule is CC1=C(C(=O)O)C(c2cccc(N)c2)C(C(=O)OC(C)C)=C(C)N1. The number of anilines is 1. The minimum absolute atomic E-state index is 0.113. The Balaban J connectivity index is 2.64. The number of carbonyl (C=O) groups is 2. The first-order chi connectivity index (χ1) is 11.2. The molecule has 0 spiro atoms. The van der Waals surface area contributed by atoms with Crippen LogP contribution in [0.1, 0.15) is 39.2 Å². The Labute approximate surface area is 141 Å². The molecule has 1 aliphatic heterocycles. The molecular weight excluding hydrogens is 308 g/mol. The van der Waals surface area contributed by atoms with Crippen molar-refractivity contribution < 1.29 is 19.4 Å². The molecule has 24 heavy (non-hydrogen) atoms. The van der Waals surface area contributed by atoms with Crippen LogP contribution in [0.2, 0.25) is 0 Å². The van der Waals surface area contributed by atoms with Crippen LogP contribution in [0.5, 0.6) is 0 Å². The molecule has 2 rings (SSSR count). The van der Waals surface area contributed by atoms with E-state index in [2.05, 4.69) is 5.32 Å². The van der Waals surface area contributed by atoms with Gasteiger partial charge in [0, 0.05) is 17.1 Å². The Kier molecular flexibility index (Phi) is 4.97. The summed E-state index contributed by atoms with van der Waals surface area (Å²) in [6.07, 6.45) is -0.306. The summed E-state index contributed by atoms with van der Waals surface area (Å²) < 4.78 is 5.32. The number of benzene rings is 1. The molecule has 1 aromatic rings. The van der Waals surface area contributed by atoms with Gasteiger partial charge in [-0.3, -0.25) is 0 Å². The maximum Gasteiger partial charge on any atom is 0.337 e. The lowest BCUT2D eigenvalue weighted by Crippen LogP contribution is -2.32. The zero-order chi connectivity index (χ0) is 18.0. The van der Waals surface area contributed by atoms with Gasteiger partial charge in [0.05, 0.1) is 23.2 Å². The first-order valence-electron chi connectivity index (χ1n) is 7.70. The highest BCUT2D eigenvalue weighted by Crippen LogP contribution is 2.39. The number of nitrogens with two attached hydrogens (primary N) is 1. The Morgan fingerprint density at radius 3 is 2.38 bits per heavy atom. The highest BCUT2D eigenvalue weighted by Gasteiger charge is 2.37. The average Bonchev–Trinajstić information content (AvgIpc) is 2.44. The van der Waals surface area contributed by atoms with Crippen molar-refractivity contribution in [1.29, 1.82) is 0 Å². The normalized spacial score (nSPS) is 17.8. The van der Waals surface area contributed by atoms with Crippen molar-refractivity contribution in [3.63, 3.8) is 0 Å². The standard InChI is InChI=1S/C18H22N2O4/c1-9(2)24-18(23)15-11(4)20-10(3)14(17(21)22)16(15)12-6-5-7-13(19)8-12/h5-9,16,20H,19H2,1-4H3,(H,21,22). The van der Waals surface area contributed by atoms with Gasteiger partial charge in [-0.1, -0.05) is 12.1 Å². The van der Waals surface area contributed by atoms with Gasteiger partial charge < -0.3 is 20.9 Å². The molecule has 0 bridgehead atoms. The summed E-state index contributed by atoms with van der Waals surface area (Å²) >= 11 is 0. The summed E-state index contributed by atoms with van der Waals surface area (Å²) in [4.78, 5) is 24.4. The van der Waals surface area contributed by atoms with E-state index in [0.717, 1.165) is 0 Å².